The lowest BCUT2D eigenvalue weighted by Gasteiger charge is -2.25. The van der Waals surface area contributed by atoms with Crippen LogP contribution in [0.1, 0.15) is 30.1 Å². The first kappa shape index (κ1) is 32.6. The lowest BCUT2D eigenvalue weighted by molar-refractivity contribution is 0.675. The number of hydrogen-bond acceptors (Lipinski definition) is 5. The molecule has 0 saturated carbocycles. The van der Waals surface area contributed by atoms with E-state index >= 15 is 0 Å². The van der Waals surface area contributed by atoms with E-state index in [1.807, 2.05) is 28.7 Å². The molecule has 6 heteroatoms. The summed E-state index contributed by atoms with van der Waals surface area (Å²) in [5.74, 6) is 1.69. The van der Waals surface area contributed by atoms with Crippen molar-refractivity contribution in [1.29, 1.82) is 0 Å². The SMILES string of the molecule is C1=c2sc3cc(-c4ccc5c(c4)sc4cccc(-n6c7ccccc7c7ccccc76)c45)ccc3c2=C(C2=NC(c3ccccc3)=NC(c3ccccc3)N2)CC1. The van der Waals surface area contributed by atoms with Crippen molar-refractivity contribution in [3.05, 3.63) is 185 Å². The summed E-state index contributed by atoms with van der Waals surface area (Å²) in [6.07, 6.45) is 4.10. The van der Waals surface area contributed by atoms with E-state index < -0.39 is 0 Å². The molecular weight excluding hydrogens is 733 g/mol. The highest BCUT2D eigenvalue weighted by molar-refractivity contribution is 7.26. The summed E-state index contributed by atoms with van der Waals surface area (Å²) in [5, 5.41) is 11.5. The van der Waals surface area contributed by atoms with E-state index in [0.29, 0.717) is 0 Å². The molecule has 57 heavy (non-hydrogen) atoms. The molecular formula is C51H34N4S2. The van der Waals surface area contributed by atoms with Crippen molar-refractivity contribution in [2.75, 3.05) is 0 Å². The van der Waals surface area contributed by atoms with Crippen LogP contribution in [0.4, 0.5) is 0 Å². The Morgan fingerprint density at radius 2 is 1.23 bits per heavy atom. The maximum atomic E-state index is 5.21. The Morgan fingerprint density at radius 1 is 0.561 bits per heavy atom. The van der Waals surface area contributed by atoms with Gasteiger partial charge in [0.15, 0.2) is 5.84 Å². The number of fused-ring (bicyclic) bond motifs is 9. The molecule has 4 heterocycles. The molecule has 12 rings (SSSR count). The molecule has 270 valence electrons. The summed E-state index contributed by atoms with van der Waals surface area (Å²) in [4.78, 5) is 10.3. The van der Waals surface area contributed by atoms with Crippen LogP contribution in [0.25, 0.3) is 80.5 Å². The molecule has 1 aliphatic heterocycles. The molecule has 1 atom stereocenters. The van der Waals surface area contributed by atoms with Gasteiger partial charge in [0.1, 0.15) is 12.0 Å². The van der Waals surface area contributed by atoms with Crippen molar-refractivity contribution in [3.63, 3.8) is 0 Å². The van der Waals surface area contributed by atoms with Crippen molar-refractivity contribution in [1.82, 2.24) is 9.88 Å². The van der Waals surface area contributed by atoms with Gasteiger partial charge >= 0.3 is 0 Å². The minimum absolute atomic E-state index is 0.214. The normalized spacial score (nSPS) is 15.5. The third-order valence-corrected chi connectivity index (χ3v) is 13.8. The van der Waals surface area contributed by atoms with Crippen LogP contribution in [0.5, 0.6) is 0 Å². The van der Waals surface area contributed by atoms with E-state index in [4.69, 9.17) is 9.98 Å². The first-order valence-electron chi connectivity index (χ1n) is 19.5. The minimum Gasteiger partial charge on any atom is -0.344 e. The molecule has 1 N–H and O–H groups in total. The number of nitrogens with one attached hydrogen (secondary N) is 1. The van der Waals surface area contributed by atoms with Crippen LogP contribution in [0, 0.1) is 0 Å². The van der Waals surface area contributed by atoms with Gasteiger partial charge in [0, 0.05) is 61.9 Å². The van der Waals surface area contributed by atoms with E-state index in [9.17, 15) is 0 Å². The zero-order valence-corrected chi connectivity index (χ0v) is 32.4. The Kier molecular flexibility index (Phi) is 7.43. The number of para-hydroxylation sites is 2. The monoisotopic (exact) mass is 766 g/mol. The largest absolute Gasteiger partial charge is 0.344 e. The average Bonchev–Trinajstić information content (AvgIpc) is 3.96. The standard InChI is InChI=1S/C51H34N4S2/c1-3-13-31(14-4-1)49-52-50(32-15-5-2-6-16-32)54-51(53-49)39-19-11-23-43-47(39)37-27-25-33(29-45(37)56-43)34-26-28-38-46(30-34)57-44-24-12-22-42(48(38)44)55-40-20-9-7-17-35(40)36-18-8-10-21-41(36)55/h1-10,12-18,20-30,49H,11,19H2,(H,52,53,54). The van der Waals surface area contributed by atoms with Crippen molar-refractivity contribution in [3.8, 4) is 16.8 Å². The zero-order chi connectivity index (χ0) is 37.5. The lowest BCUT2D eigenvalue weighted by atomic mass is 9.97. The van der Waals surface area contributed by atoms with Gasteiger partial charge in [-0.3, -0.25) is 0 Å². The van der Waals surface area contributed by atoms with Gasteiger partial charge in [-0.25, -0.2) is 9.98 Å². The maximum Gasteiger partial charge on any atom is 0.159 e. The Balaban J connectivity index is 0.970. The Labute approximate surface area is 336 Å². The first-order chi connectivity index (χ1) is 28.2. The van der Waals surface area contributed by atoms with Crippen molar-refractivity contribution in [2.45, 2.75) is 19.0 Å². The smallest absolute Gasteiger partial charge is 0.159 e. The number of hydrogen-bond donors (Lipinski definition) is 1. The predicted molar refractivity (Wildman–Crippen MR) is 244 cm³/mol. The van der Waals surface area contributed by atoms with Crippen molar-refractivity contribution < 1.29 is 0 Å². The quantitative estimate of drug-likeness (QED) is 0.186. The van der Waals surface area contributed by atoms with Crippen LogP contribution >= 0.6 is 22.7 Å². The van der Waals surface area contributed by atoms with E-state index in [1.54, 1.807) is 0 Å². The van der Waals surface area contributed by atoms with Crippen LogP contribution in [-0.4, -0.2) is 16.2 Å². The average molecular weight is 767 g/mol. The molecule has 1 unspecified atom stereocenters. The van der Waals surface area contributed by atoms with Gasteiger partial charge in [0.25, 0.3) is 0 Å². The fourth-order valence-corrected chi connectivity index (χ4v) is 11.3. The third-order valence-electron chi connectivity index (χ3n) is 11.5. The van der Waals surface area contributed by atoms with Crippen molar-refractivity contribution >= 4 is 98.1 Å². The highest BCUT2D eigenvalue weighted by Gasteiger charge is 2.25. The molecule has 0 saturated heterocycles. The van der Waals surface area contributed by atoms with Gasteiger partial charge in [-0.2, -0.15) is 0 Å². The second-order valence-corrected chi connectivity index (χ2v) is 17.0. The van der Waals surface area contributed by atoms with Crippen LogP contribution < -0.4 is 15.1 Å². The maximum absolute atomic E-state index is 5.21. The summed E-state index contributed by atoms with van der Waals surface area (Å²) in [6.45, 7) is 0. The number of aromatic nitrogens is 1. The number of amidine groups is 2. The lowest BCUT2D eigenvalue weighted by Crippen LogP contribution is -2.38. The van der Waals surface area contributed by atoms with Crippen LogP contribution in [0.2, 0.25) is 0 Å². The number of nitrogens with zero attached hydrogens (tertiary/aromatic N) is 3. The molecule has 2 aliphatic rings. The van der Waals surface area contributed by atoms with Gasteiger partial charge in [-0.05, 0) is 65.9 Å². The number of thiophene rings is 2. The van der Waals surface area contributed by atoms with Gasteiger partial charge in [-0.1, -0.05) is 133 Å². The first-order valence-corrected chi connectivity index (χ1v) is 21.1. The van der Waals surface area contributed by atoms with Crippen LogP contribution in [0.15, 0.2) is 174 Å². The van der Waals surface area contributed by atoms with Crippen LogP contribution in [0.3, 0.4) is 0 Å². The molecule has 0 spiro atoms. The molecule has 7 aromatic carbocycles. The number of aliphatic imine (C=N–C) groups is 2. The van der Waals surface area contributed by atoms with Gasteiger partial charge in [0.2, 0.25) is 0 Å². The second kappa shape index (κ2) is 13.0. The topological polar surface area (TPSA) is 41.7 Å². The highest BCUT2D eigenvalue weighted by Crippen LogP contribution is 2.42. The molecule has 1 aliphatic carbocycles. The molecule has 0 fully saturated rings. The molecule has 0 bridgehead atoms. The minimum atomic E-state index is -0.214. The Morgan fingerprint density at radius 3 is 1.98 bits per heavy atom. The van der Waals surface area contributed by atoms with Crippen molar-refractivity contribution in [2.24, 2.45) is 9.98 Å². The summed E-state index contributed by atoms with van der Waals surface area (Å²) in [5.41, 5.74) is 9.59. The molecule has 3 aromatic heterocycles. The fourth-order valence-electron chi connectivity index (χ4n) is 8.94. The Hall–Kier alpha value is -6.60. The summed E-state index contributed by atoms with van der Waals surface area (Å²) in [7, 11) is 0. The third kappa shape index (κ3) is 5.25. The molecule has 10 aromatic rings. The number of benzene rings is 7. The van der Waals surface area contributed by atoms with E-state index in [1.165, 1.54) is 84.2 Å². The molecule has 0 radical (unpaired) electrons. The van der Waals surface area contributed by atoms with E-state index in [-0.39, 0.29) is 6.17 Å². The number of rotatable bonds is 5. The predicted octanol–water partition coefficient (Wildman–Crippen LogP) is 11.9. The van der Waals surface area contributed by atoms with E-state index in [2.05, 4.69) is 174 Å². The second-order valence-electron chi connectivity index (χ2n) is 14.8. The highest BCUT2D eigenvalue weighted by atomic mass is 32.1. The zero-order valence-electron chi connectivity index (χ0n) is 30.8. The van der Waals surface area contributed by atoms with Gasteiger partial charge in [0.05, 0.1) is 16.7 Å². The summed E-state index contributed by atoms with van der Waals surface area (Å²) < 4.78 is 7.68. The van der Waals surface area contributed by atoms with Gasteiger partial charge < -0.3 is 9.88 Å². The molecule has 0 amide bonds. The summed E-state index contributed by atoms with van der Waals surface area (Å²) in [6, 6.07) is 59.2. The Bertz CT molecular complexity index is 3390. The summed E-state index contributed by atoms with van der Waals surface area (Å²) >= 11 is 3.77. The molecule has 4 nitrogen and oxygen atoms in total. The van der Waals surface area contributed by atoms with Gasteiger partial charge in [-0.15, -0.1) is 22.7 Å². The van der Waals surface area contributed by atoms with Crippen LogP contribution in [-0.2, 0) is 0 Å². The fraction of sp³-hybridized carbons (Fsp3) is 0.0588. The van der Waals surface area contributed by atoms with E-state index in [0.717, 1.165) is 35.6 Å².